The Morgan fingerprint density at radius 1 is 1.31 bits per heavy atom. The number of unbranched alkanes of at least 4 members (excludes halogenated alkanes) is 2. The molecule has 3 heteroatoms. The molecule has 0 radical (unpaired) electrons. The highest BCUT2D eigenvalue weighted by atomic mass is 35.5. The lowest BCUT2D eigenvalue weighted by molar-refractivity contribution is 0.538. The van der Waals surface area contributed by atoms with Crippen LogP contribution in [0.3, 0.4) is 0 Å². The molecule has 0 aromatic heterocycles. The minimum Gasteiger partial charge on any atom is -0.324 e. The van der Waals surface area contributed by atoms with Crippen LogP contribution in [0.1, 0.15) is 49.8 Å². The summed E-state index contributed by atoms with van der Waals surface area (Å²) in [7, 11) is 0. The molecule has 1 rings (SSSR count). The van der Waals surface area contributed by atoms with E-state index in [2.05, 4.69) is 6.92 Å². The minimum atomic E-state index is -0.168. The van der Waals surface area contributed by atoms with Gasteiger partial charge in [0.15, 0.2) is 0 Å². The average molecular weight is 246 g/mol. The molecule has 0 saturated carbocycles. The van der Waals surface area contributed by atoms with E-state index in [1.54, 1.807) is 12.1 Å². The topological polar surface area (TPSA) is 26.0 Å². The first-order valence-electron chi connectivity index (χ1n) is 5.66. The Bertz CT molecular complexity index is 315. The van der Waals surface area contributed by atoms with E-state index in [1.807, 2.05) is 13.0 Å². The van der Waals surface area contributed by atoms with Crippen LogP contribution in [-0.4, -0.2) is 0 Å². The zero-order valence-corrected chi connectivity index (χ0v) is 10.8. The van der Waals surface area contributed by atoms with Gasteiger partial charge in [-0.25, -0.2) is 4.39 Å². The fourth-order valence-electron chi connectivity index (χ4n) is 1.70. The van der Waals surface area contributed by atoms with Crippen LogP contribution in [0.2, 0.25) is 0 Å². The van der Waals surface area contributed by atoms with Crippen molar-refractivity contribution in [1.82, 2.24) is 0 Å². The molecule has 0 heterocycles. The third-order valence-electron chi connectivity index (χ3n) is 2.67. The quantitative estimate of drug-likeness (QED) is 0.776. The van der Waals surface area contributed by atoms with Gasteiger partial charge in [0.05, 0.1) is 0 Å². The second-order valence-corrected chi connectivity index (χ2v) is 4.13. The van der Waals surface area contributed by atoms with Gasteiger partial charge in [-0.05, 0) is 25.0 Å². The van der Waals surface area contributed by atoms with E-state index in [4.69, 9.17) is 5.73 Å². The van der Waals surface area contributed by atoms with E-state index in [1.165, 1.54) is 12.8 Å². The van der Waals surface area contributed by atoms with Gasteiger partial charge in [-0.3, -0.25) is 0 Å². The van der Waals surface area contributed by atoms with E-state index in [0.717, 1.165) is 18.4 Å². The molecule has 2 N–H and O–H groups in total. The molecule has 92 valence electrons. The van der Waals surface area contributed by atoms with Crippen LogP contribution < -0.4 is 5.73 Å². The summed E-state index contributed by atoms with van der Waals surface area (Å²) in [6.07, 6.45) is 4.28. The van der Waals surface area contributed by atoms with Crippen molar-refractivity contribution >= 4 is 12.4 Å². The Balaban J connectivity index is 0.00000225. The second kappa shape index (κ2) is 7.64. The van der Waals surface area contributed by atoms with Gasteiger partial charge < -0.3 is 5.73 Å². The average Bonchev–Trinajstić information content (AvgIpc) is 2.17. The summed E-state index contributed by atoms with van der Waals surface area (Å²) < 4.78 is 13.5. The van der Waals surface area contributed by atoms with Crippen molar-refractivity contribution in [3.05, 3.63) is 35.1 Å². The number of hydrogen-bond acceptors (Lipinski definition) is 1. The monoisotopic (exact) mass is 245 g/mol. The summed E-state index contributed by atoms with van der Waals surface area (Å²) in [6.45, 7) is 4.04. The lowest BCUT2D eigenvalue weighted by Gasteiger charge is -2.12. The van der Waals surface area contributed by atoms with E-state index in [0.29, 0.717) is 5.56 Å². The van der Waals surface area contributed by atoms with Crippen molar-refractivity contribution in [2.45, 2.75) is 45.6 Å². The summed E-state index contributed by atoms with van der Waals surface area (Å²) in [4.78, 5) is 0. The third-order valence-corrected chi connectivity index (χ3v) is 2.67. The summed E-state index contributed by atoms with van der Waals surface area (Å²) in [5, 5.41) is 0. The van der Waals surface area contributed by atoms with Gasteiger partial charge in [0.25, 0.3) is 0 Å². The number of aryl methyl sites for hydroxylation is 1. The highest BCUT2D eigenvalue weighted by Gasteiger charge is 2.10. The maximum absolute atomic E-state index is 13.5. The molecule has 0 amide bonds. The summed E-state index contributed by atoms with van der Waals surface area (Å²) in [5.41, 5.74) is 7.54. The summed E-state index contributed by atoms with van der Waals surface area (Å²) in [5.74, 6) is -0.168. The molecular weight excluding hydrogens is 225 g/mol. The Labute approximate surface area is 104 Å². The van der Waals surface area contributed by atoms with Crippen LogP contribution in [0, 0.1) is 12.7 Å². The van der Waals surface area contributed by atoms with E-state index < -0.39 is 0 Å². The van der Waals surface area contributed by atoms with Crippen LogP contribution in [0.15, 0.2) is 18.2 Å². The van der Waals surface area contributed by atoms with Crippen molar-refractivity contribution in [3.63, 3.8) is 0 Å². The van der Waals surface area contributed by atoms with Gasteiger partial charge in [0.2, 0.25) is 0 Å². The predicted octanol–water partition coefficient (Wildman–Crippen LogP) is 4.14. The molecule has 0 fully saturated rings. The van der Waals surface area contributed by atoms with Crippen molar-refractivity contribution in [3.8, 4) is 0 Å². The molecule has 0 bridgehead atoms. The SMILES string of the molecule is CCCCC[C@H](N)c1ccc(C)cc1F.Cl. The van der Waals surface area contributed by atoms with E-state index >= 15 is 0 Å². The number of benzene rings is 1. The van der Waals surface area contributed by atoms with Crippen molar-refractivity contribution in [1.29, 1.82) is 0 Å². The lowest BCUT2D eigenvalue weighted by Crippen LogP contribution is -2.12. The molecule has 1 atom stereocenters. The van der Waals surface area contributed by atoms with Gasteiger partial charge in [-0.15, -0.1) is 12.4 Å². The van der Waals surface area contributed by atoms with Gasteiger partial charge in [-0.1, -0.05) is 38.3 Å². The number of rotatable bonds is 5. The molecule has 1 aromatic rings. The van der Waals surface area contributed by atoms with Gasteiger partial charge >= 0.3 is 0 Å². The largest absolute Gasteiger partial charge is 0.324 e. The Morgan fingerprint density at radius 3 is 2.56 bits per heavy atom. The van der Waals surface area contributed by atoms with E-state index in [9.17, 15) is 4.39 Å². The first-order chi connectivity index (χ1) is 7.15. The maximum Gasteiger partial charge on any atom is 0.128 e. The molecule has 0 aliphatic heterocycles. The number of hydrogen-bond donors (Lipinski definition) is 1. The zero-order valence-electron chi connectivity index (χ0n) is 10.0. The Hall–Kier alpha value is -0.600. The summed E-state index contributed by atoms with van der Waals surface area (Å²) in [6, 6.07) is 5.12. The van der Waals surface area contributed by atoms with Gasteiger partial charge in [-0.2, -0.15) is 0 Å². The van der Waals surface area contributed by atoms with Crippen molar-refractivity contribution in [2.75, 3.05) is 0 Å². The maximum atomic E-state index is 13.5. The standard InChI is InChI=1S/C13H20FN.ClH/c1-3-4-5-6-13(15)11-8-7-10(2)9-12(11)14;/h7-9,13H,3-6,15H2,1-2H3;1H/t13-;/m0./s1. The van der Waals surface area contributed by atoms with Crippen molar-refractivity contribution in [2.24, 2.45) is 5.73 Å². The minimum absolute atomic E-state index is 0. The molecule has 0 aliphatic carbocycles. The zero-order chi connectivity index (χ0) is 11.3. The third kappa shape index (κ3) is 4.50. The second-order valence-electron chi connectivity index (χ2n) is 4.13. The van der Waals surface area contributed by atoms with Crippen molar-refractivity contribution < 1.29 is 4.39 Å². The number of halogens is 2. The molecule has 0 saturated heterocycles. The van der Waals surface area contributed by atoms with Crippen LogP contribution in [0.5, 0.6) is 0 Å². The smallest absolute Gasteiger partial charge is 0.128 e. The van der Waals surface area contributed by atoms with Crippen LogP contribution >= 0.6 is 12.4 Å². The predicted molar refractivity (Wildman–Crippen MR) is 69.5 cm³/mol. The molecule has 0 unspecified atom stereocenters. The normalized spacial score (nSPS) is 12.0. The van der Waals surface area contributed by atoms with Crippen LogP contribution in [-0.2, 0) is 0 Å². The van der Waals surface area contributed by atoms with Crippen LogP contribution in [0.25, 0.3) is 0 Å². The first kappa shape index (κ1) is 15.4. The molecule has 0 aliphatic rings. The highest BCUT2D eigenvalue weighted by molar-refractivity contribution is 5.85. The van der Waals surface area contributed by atoms with Gasteiger partial charge in [0.1, 0.15) is 5.82 Å². The molecule has 1 nitrogen and oxygen atoms in total. The first-order valence-corrected chi connectivity index (χ1v) is 5.66. The molecular formula is C13H21ClFN. The molecule has 0 spiro atoms. The van der Waals surface area contributed by atoms with Gasteiger partial charge in [0, 0.05) is 11.6 Å². The van der Waals surface area contributed by atoms with E-state index in [-0.39, 0.29) is 24.3 Å². The summed E-state index contributed by atoms with van der Waals surface area (Å²) >= 11 is 0. The molecule has 1 aromatic carbocycles. The fraction of sp³-hybridized carbons (Fsp3) is 0.538. The lowest BCUT2D eigenvalue weighted by atomic mass is 10.00. The number of nitrogens with two attached hydrogens (primary N) is 1. The Morgan fingerprint density at radius 2 is 2.00 bits per heavy atom. The highest BCUT2D eigenvalue weighted by Crippen LogP contribution is 2.21. The van der Waals surface area contributed by atoms with Crippen LogP contribution in [0.4, 0.5) is 4.39 Å². The molecule has 16 heavy (non-hydrogen) atoms. The fourth-order valence-corrected chi connectivity index (χ4v) is 1.70. The Kier molecular flexibility index (Phi) is 7.35.